The zero-order valence-electron chi connectivity index (χ0n) is 9.38. The zero-order valence-corrected chi connectivity index (χ0v) is 10.2. The topological polar surface area (TPSA) is 58.8 Å². The van der Waals surface area contributed by atoms with Crippen LogP contribution in [0, 0.1) is 11.3 Å². The first kappa shape index (κ1) is 11.6. The summed E-state index contributed by atoms with van der Waals surface area (Å²) in [7, 11) is 1.59. The van der Waals surface area contributed by atoms with Crippen molar-refractivity contribution in [2.75, 3.05) is 7.11 Å². The second kappa shape index (κ2) is 5.41. The van der Waals surface area contributed by atoms with Gasteiger partial charge in [0.05, 0.1) is 30.3 Å². The van der Waals surface area contributed by atoms with E-state index in [-0.39, 0.29) is 0 Å². The largest absolute Gasteiger partial charge is 0.481 e. The SMILES string of the molecule is COc1ccc(Cc2nc(CC#N)cs2)cn1. The number of methoxy groups -OCH3 is 1. The molecule has 0 spiro atoms. The number of rotatable bonds is 4. The van der Waals surface area contributed by atoms with Gasteiger partial charge in [0.15, 0.2) is 0 Å². The third kappa shape index (κ3) is 3.02. The third-order valence-corrected chi connectivity index (χ3v) is 3.12. The fourth-order valence-corrected chi connectivity index (χ4v) is 2.23. The monoisotopic (exact) mass is 245 g/mol. The van der Waals surface area contributed by atoms with Crippen molar-refractivity contribution >= 4 is 11.3 Å². The Bertz CT molecular complexity index is 527. The molecule has 86 valence electrons. The summed E-state index contributed by atoms with van der Waals surface area (Å²) in [5.41, 5.74) is 1.93. The molecule has 0 aliphatic heterocycles. The number of nitrogens with zero attached hydrogens (tertiary/aromatic N) is 3. The Kier molecular flexibility index (Phi) is 3.68. The van der Waals surface area contributed by atoms with E-state index in [1.807, 2.05) is 17.5 Å². The summed E-state index contributed by atoms with van der Waals surface area (Å²) in [6.07, 6.45) is 2.90. The van der Waals surface area contributed by atoms with E-state index >= 15 is 0 Å². The Morgan fingerprint density at radius 2 is 2.35 bits per heavy atom. The quantitative estimate of drug-likeness (QED) is 0.828. The smallest absolute Gasteiger partial charge is 0.212 e. The van der Waals surface area contributed by atoms with Gasteiger partial charge in [-0.2, -0.15) is 5.26 Å². The van der Waals surface area contributed by atoms with Gasteiger partial charge in [-0.15, -0.1) is 11.3 Å². The molecule has 2 aromatic rings. The predicted molar refractivity (Wildman–Crippen MR) is 65.0 cm³/mol. The molecule has 2 aromatic heterocycles. The molecule has 4 nitrogen and oxygen atoms in total. The van der Waals surface area contributed by atoms with Crippen molar-refractivity contribution in [1.29, 1.82) is 5.26 Å². The van der Waals surface area contributed by atoms with Gasteiger partial charge in [-0.1, -0.05) is 6.07 Å². The predicted octanol–water partition coefficient (Wildman–Crippen LogP) is 2.20. The van der Waals surface area contributed by atoms with Crippen LogP contribution in [-0.2, 0) is 12.8 Å². The number of thiazole rings is 1. The molecular weight excluding hydrogens is 234 g/mol. The summed E-state index contributed by atoms with van der Waals surface area (Å²) >= 11 is 1.57. The molecule has 0 N–H and O–H groups in total. The van der Waals surface area contributed by atoms with Crippen LogP contribution in [0.3, 0.4) is 0 Å². The van der Waals surface area contributed by atoms with Gasteiger partial charge >= 0.3 is 0 Å². The van der Waals surface area contributed by atoms with E-state index in [2.05, 4.69) is 16.0 Å². The van der Waals surface area contributed by atoms with Crippen LogP contribution in [0.1, 0.15) is 16.3 Å². The molecule has 0 amide bonds. The minimum atomic E-state index is 0.372. The summed E-state index contributed by atoms with van der Waals surface area (Å²) in [5.74, 6) is 0.609. The summed E-state index contributed by atoms with van der Waals surface area (Å²) in [6, 6.07) is 5.89. The maximum atomic E-state index is 8.57. The van der Waals surface area contributed by atoms with Crippen LogP contribution in [0.2, 0.25) is 0 Å². The van der Waals surface area contributed by atoms with Crippen LogP contribution in [0.25, 0.3) is 0 Å². The molecule has 0 radical (unpaired) electrons. The summed E-state index contributed by atoms with van der Waals surface area (Å²) < 4.78 is 5.00. The fourth-order valence-electron chi connectivity index (χ4n) is 1.40. The van der Waals surface area contributed by atoms with Gasteiger partial charge in [0.2, 0.25) is 5.88 Å². The first-order chi connectivity index (χ1) is 8.31. The Labute approximate surface area is 104 Å². The van der Waals surface area contributed by atoms with Crippen LogP contribution in [0.5, 0.6) is 5.88 Å². The molecule has 2 rings (SSSR count). The lowest BCUT2D eigenvalue weighted by Crippen LogP contribution is -1.92. The molecule has 0 atom stereocenters. The second-order valence-corrected chi connectivity index (χ2v) is 4.40. The number of aromatic nitrogens is 2. The number of hydrogen-bond acceptors (Lipinski definition) is 5. The molecule has 0 aliphatic carbocycles. The Morgan fingerprint density at radius 1 is 1.47 bits per heavy atom. The lowest BCUT2D eigenvalue weighted by atomic mass is 10.2. The maximum absolute atomic E-state index is 8.57. The van der Waals surface area contributed by atoms with Gasteiger partial charge in [-0.3, -0.25) is 0 Å². The zero-order chi connectivity index (χ0) is 12.1. The van der Waals surface area contributed by atoms with Crippen molar-refractivity contribution in [3.05, 3.63) is 40.0 Å². The van der Waals surface area contributed by atoms with Gasteiger partial charge < -0.3 is 4.74 Å². The van der Waals surface area contributed by atoms with Crippen molar-refractivity contribution in [1.82, 2.24) is 9.97 Å². The average Bonchev–Trinajstić information content (AvgIpc) is 2.78. The first-order valence-electron chi connectivity index (χ1n) is 5.11. The highest BCUT2D eigenvalue weighted by molar-refractivity contribution is 7.09. The highest BCUT2D eigenvalue weighted by Crippen LogP contribution is 2.16. The maximum Gasteiger partial charge on any atom is 0.212 e. The van der Waals surface area contributed by atoms with E-state index in [0.29, 0.717) is 12.3 Å². The highest BCUT2D eigenvalue weighted by Gasteiger charge is 2.03. The van der Waals surface area contributed by atoms with Crippen molar-refractivity contribution in [3.8, 4) is 11.9 Å². The molecule has 17 heavy (non-hydrogen) atoms. The van der Waals surface area contributed by atoms with Crippen molar-refractivity contribution in [2.24, 2.45) is 0 Å². The molecule has 0 saturated heterocycles. The highest BCUT2D eigenvalue weighted by atomic mass is 32.1. The molecule has 5 heteroatoms. The van der Waals surface area contributed by atoms with Gasteiger partial charge in [-0.05, 0) is 5.56 Å². The lowest BCUT2D eigenvalue weighted by Gasteiger charge is -2.00. The second-order valence-electron chi connectivity index (χ2n) is 3.45. The summed E-state index contributed by atoms with van der Waals surface area (Å²) in [6.45, 7) is 0. The normalized spacial score (nSPS) is 9.88. The standard InChI is InChI=1S/C12H11N3OS/c1-16-11-3-2-9(7-14-11)6-12-15-10(4-5-13)8-17-12/h2-3,7-8H,4,6H2,1H3. The van der Waals surface area contributed by atoms with Gasteiger partial charge in [-0.25, -0.2) is 9.97 Å². The van der Waals surface area contributed by atoms with Gasteiger partial charge in [0.1, 0.15) is 0 Å². The third-order valence-electron chi connectivity index (χ3n) is 2.22. The van der Waals surface area contributed by atoms with Gasteiger partial charge in [0.25, 0.3) is 0 Å². The van der Waals surface area contributed by atoms with Crippen molar-refractivity contribution in [2.45, 2.75) is 12.8 Å². The van der Waals surface area contributed by atoms with Crippen molar-refractivity contribution < 1.29 is 4.74 Å². The molecule has 2 heterocycles. The van der Waals surface area contributed by atoms with Crippen LogP contribution in [0.4, 0.5) is 0 Å². The summed E-state index contributed by atoms with van der Waals surface area (Å²) in [5, 5.41) is 11.5. The van der Waals surface area contributed by atoms with E-state index in [4.69, 9.17) is 10.00 Å². The number of hydrogen-bond donors (Lipinski definition) is 0. The lowest BCUT2D eigenvalue weighted by molar-refractivity contribution is 0.397. The van der Waals surface area contributed by atoms with E-state index in [1.165, 1.54) is 0 Å². The number of nitriles is 1. The minimum absolute atomic E-state index is 0.372. The molecular formula is C12H11N3OS. The van der Waals surface area contributed by atoms with E-state index in [1.54, 1.807) is 24.6 Å². The van der Waals surface area contributed by atoms with Crippen LogP contribution in [0.15, 0.2) is 23.7 Å². The fraction of sp³-hybridized carbons (Fsp3) is 0.250. The van der Waals surface area contributed by atoms with E-state index in [0.717, 1.165) is 22.7 Å². The van der Waals surface area contributed by atoms with Crippen LogP contribution < -0.4 is 4.74 Å². The van der Waals surface area contributed by atoms with E-state index < -0.39 is 0 Å². The Morgan fingerprint density at radius 3 is 3.00 bits per heavy atom. The molecule has 0 aliphatic rings. The molecule has 0 unspecified atom stereocenters. The number of ether oxygens (including phenoxy) is 1. The first-order valence-corrected chi connectivity index (χ1v) is 5.99. The molecule has 0 saturated carbocycles. The van der Waals surface area contributed by atoms with Crippen LogP contribution >= 0.6 is 11.3 Å². The Balaban J connectivity index is 2.06. The van der Waals surface area contributed by atoms with E-state index in [9.17, 15) is 0 Å². The summed E-state index contributed by atoms with van der Waals surface area (Å²) in [4.78, 5) is 8.51. The van der Waals surface area contributed by atoms with Crippen LogP contribution in [-0.4, -0.2) is 17.1 Å². The molecule has 0 aromatic carbocycles. The molecule has 0 bridgehead atoms. The van der Waals surface area contributed by atoms with Crippen molar-refractivity contribution in [3.63, 3.8) is 0 Å². The average molecular weight is 245 g/mol. The number of pyridine rings is 1. The Hall–Kier alpha value is -1.93. The molecule has 0 fully saturated rings. The minimum Gasteiger partial charge on any atom is -0.481 e. The van der Waals surface area contributed by atoms with Gasteiger partial charge in [0, 0.05) is 24.1 Å².